The third-order valence-electron chi connectivity index (χ3n) is 4.57. The number of piperazine rings is 1. The largest absolute Gasteiger partial charge is 0.467 e. The van der Waals surface area contributed by atoms with E-state index in [0.29, 0.717) is 25.7 Å². The first-order chi connectivity index (χ1) is 13.9. The molecule has 1 aliphatic rings. The van der Waals surface area contributed by atoms with Crippen molar-refractivity contribution in [1.29, 1.82) is 0 Å². The van der Waals surface area contributed by atoms with Gasteiger partial charge in [0.1, 0.15) is 18.1 Å². The molecule has 0 aromatic heterocycles. The highest BCUT2D eigenvalue weighted by Gasteiger charge is 2.35. The zero-order valence-electron chi connectivity index (χ0n) is 16.3. The molecule has 1 aliphatic heterocycles. The number of esters is 1. The molecule has 1 aromatic rings. The van der Waals surface area contributed by atoms with Crippen LogP contribution in [0.5, 0.6) is 0 Å². The summed E-state index contributed by atoms with van der Waals surface area (Å²) >= 11 is 0. The van der Waals surface area contributed by atoms with Crippen molar-refractivity contribution < 1.29 is 23.9 Å². The maximum Gasteiger partial charge on any atom is 0.328 e. The van der Waals surface area contributed by atoms with Crippen LogP contribution in [0.3, 0.4) is 0 Å². The van der Waals surface area contributed by atoms with Crippen LogP contribution in [0.2, 0.25) is 0 Å². The van der Waals surface area contributed by atoms with Gasteiger partial charge in [0.2, 0.25) is 17.7 Å². The number of hydrogen-bond donors (Lipinski definition) is 3. The molecule has 1 fully saturated rings. The van der Waals surface area contributed by atoms with Crippen LogP contribution >= 0.6 is 0 Å². The van der Waals surface area contributed by atoms with Crippen molar-refractivity contribution in [1.82, 2.24) is 16.0 Å². The van der Waals surface area contributed by atoms with Crippen LogP contribution in [0.1, 0.15) is 31.2 Å². The standard InChI is InChI=1S/C21H25N3O5/c1-3-4-6-11-15(21(28)29-2)22-18(25)13-17-20(27)23-16(19(26)24-17)12-14-9-7-5-8-10-14/h1,5,7-10,15-17H,4,6,11-13H2,2H3,(H,22,25)(H,23,27)(H,24,26)/t15-,16+,17+/m1/s1. The van der Waals surface area contributed by atoms with Crippen LogP contribution in [-0.2, 0) is 30.3 Å². The molecular weight excluding hydrogens is 374 g/mol. The minimum Gasteiger partial charge on any atom is -0.467 e. The quantitative estimate of drug-likeness (QED) is 0.309. The highest BCUT2D eigenvalue weighted by atomic mass is 16.5. The summed E-state index contributed by atoms with van der Waals surface area (Å²) in [6.45, 7) is 0. The van der Waals surface area contributed by atoms with Gasteiger partial charge in [0, 0.05) is 12.8 Å². The molecule has 2 rings (SSSR count). The topological polar surface area (TPSA) is 114 Å². The van der Waals surface area contributed by atoms with Gasteiger partial charge in [0.15, 0.2) is 0 Å². The molecule has 8 nitrogen and oxygen atoms in total. The number of unbranched alkanes of at least 4 members (excludes halogenated alkanes) is 1. The van der Waals surface area contributed by atoms with Crippen molar-refractivity contribution in [3.05, 3.63) is 35.9 Å². The summed E-state index contributed by atoms with van der Waals surface area (Å²) in [6, 6.07) is 6.76. The molecule has 0 unspecified atom stereocenters. The fourth-order valence-corrected chi connectivity index (χ4v) is 3.05. The van der Waals surface area contributed by atoms with E-state index >= 15 is 0 Å². The van der Waals surface area contributed by atoms with Crippen molar-refractivity contribution in [3.63, 3.8) is 0 Å². The van der Waals surface area contributed by atoms with Crippen molar-refractivity contribution in [2.75, 3.05) is 7.11 Å². The van der Waals surface area contributed by atoms with E-state index in [1.807, 2.05) is 30.3 Å². The van der Waals surface area contributed by atoms with E-state index in [9.17, 15) is 19.2 Å². The average molecular weight is 399 g/mol. The number of nitrogens with one attached hydrogen (secondary N) is 3. The number of amides is 3. The summed E-state index contributed by atoms with van der Waals surface area (Å²) in [5, 5.41) is 7.78. The van der Waals surface area contributed by atoms with E-state index in [2.05, 4.69) is 26.6 Å². The summed E-state index contributed by atoms with van der Waals surface area (Å²) < 4.78 is 4.69. The molecule has 0 bridgehead atoms. The maximum atomic E-state index is 12.3. The Bertz CT molecular complexity index is 787. The smallest absolute Gasteiger partial charge is 0.328 e. The molecule has 3 N–H and O–H groups in total. The minimum absolute atomic E-state index is 0.280. The average Bonchev–Trinajstić information content (AvgIpc) is 2.71. The number of ether oxygens (including phenoxy) is 1. The fourth-order valence-electron chi connectivity index (χ4n) is 3.05. The monoisotopic (exact) mass is 399 g/mol. The third-order valence-corrected chi connectivity index (χ3v) is 4.57. The SMILES string of the molecule is C#CCCC[C@@H](NC(=O)C[C@@H]1NC(=O)[C@H](Cc2ccccc2)NC1=O)C(=O)OC. The Kier molecular flexibility index (Phi) is 8.22. The lowest BCUT2D eigenvalue weighted by Crippen LogP contribution is -2.63. The van der Waals surface area contributed by atoms with Gasteiger partial charge in [-0.25, -0.2) is 4.79 Å². The molecule has 1 aromatic carbocycles. The molecule has 154 valence electrons. The summed E-state index contributed by atoms with van der Waals surface area (Å²) in [5.41, 5.74) is 0.914. The lowest BCUT2D eigenvalue weighted by atomic mass is 10.0. The van der Waals surface area contributed by atoms with E-state index in [4.69, 9.17) is 6.42 Å². The zero-order valence-corrected chi connectivity index (χ0v) is 16.3. The van der Waals surface area contributed by atoms with Gasteiger partial charge >= 0.3 is 5.97 Å². The second-order valence-corrected chi connectivity index (χ2v) is 6.76. The number of terminal acetylenes is 1. The zero-order chi connectivity index (χ0) is 21.2. The van der Waals surface area contributed by atoms with Crippen LogP contribution in [0.4, 0.5) is 0 Å². The number of rotatable bonds is 9. The van der Waals surface area contributed by atoms with E-state index < -0.39 is 35.9 Å². The second kappa shape index (κ2) is 10.9. The fraction of sp³-hybridized carbons (Fsp3) is 0.429. The molecule has 0 radical (unpaired) electrons. The van der Waals surface area contributed by atoms with E-state index in [1.54, 1.807) is 0 Å². The highest BCUT2D eigenvalue weighted by molar-refractivity contribution is 5.99. The van der Waals surface area contributed by atoms with Crippen LogP contribution in [0.25, 0.3) is 0 Å². The maximum absolute atomic E-state index is 12.3. The van der Waals surface area contributed by atoms with Crippen LogP contribution in [0.15, 0.2) is 30.3 Å². The van der Waals surface area contributed by atoms with Crippen molar-refractivity contribution >= 4 is 23.7 Å². The number of hydrogen-bond acceptors (Lipinski definition) is 5. The molecule has 29 heavy (non-hydrogen) atoms. The Morgan fingerprint density at radius 1 is 1.17 bits per heavy atom. The minimum atomic E-state index is -1.00. The summed E-state index contributed by atoms with van der Waals surface area (Å²) in [7, 11) is 1.23. The molecule has 8 heteroatoms. The van der Waals surface area contributed by atoms with Gasteiger partial charge in [-0.05, 0) is 18.4 Å². The molecule has 3 atom stereocenters. The Morgan fingerprint density at radius 2 is 1.83 bits per heavy atom. The normalized spacial score (nSPS) is 19.3. The third kappa shape index (κ3) is 6.64. The Morgan fingerprint density at radius 3 is 2.48 bits per heavy atom. The van der Waals surface area contributed by atoms with Crippen molar-refractivity contribution in [2.45, 2.75) is 50.2 Å². The molecular formula is C21H25N3O5. The first kappa shape index (κ1) is 22.0. The van der Waals surface area contributed by atoms with E-state index in [1.165, 1.54) is 7.11 Å². The first-order valence-corrected chi connectivity index (χ1v) is 9.40. The van der Waals surface area contributed by atoms with Gasteiger partial charge in [-0.3, -0.25) is 14.4 Å². The molecule has 1 saturated heterocycles. The van der Waals surface area contributed by atoms with E-state index in [0.717, 1.165) is 5.56 Å². The van der Waals surface area contributed by atoms with Crippen molar-refractivity contribution in [2.24, 2.45) is 0 Å². The van der Waals surface area contributed by atoms with Gasteiger partial charge in [-0.15, -0.1) is 12.3 Å². The lowest BCUT2D eigenvalue weighted by molar-refractivity contribution is -0.145. The summed E-state index contributed by atoms with van der Waals surface area (Å²) in [4.78, 5) is 48.8. The predicted molar refractivity (Wildman–Crippen MR) is 105 cm³/mol. The molecule has 3 amide bonds. The molecule has 0 saturated carbocycles. The Hall–Kier alpha value is -3.34. The Labute approximate surface area is 169 Å². The lowest BCUT2D eigenvalue weighted by Gasteiger charge is -2.29. The van der Waals surface area contributed by atoms with Gasteiger partial charge in [-0.1, -0.05) is 30.3 Å². The Balaban J connectivity index is 1.90. The van der Waals surface area contributed by atoms with Gasteiger partial charge in [0.05, 0.1) is 13.5 Å². The number of carbonyl (C=O) groups excluding carboxylic acids is 4. The number of benzene rings is 1. The highest BCUT2D eigenvalue weighted by Crippen LogP contribution is 2.09. The predicted octanol–water partition coefficient (Wildman–Crippen LogP) is 0.0637. The van der Waals surface area contributed by atoms with Crippen LogP contribution < -0.4 is 16.0 Å². The molecule has 0 spiro atoms. The van der Waals surface area contributed by atoms with Gasteiger partial charge in [-0.2, -0.15) is 0 Å². The summed E-state index contributed by atoms with van der Waals surface area (Å²) in [5.74, 6) is 0.541. The van der Waals surface area contributed by atoms with Gasteiger partial charge in [0.25, 0.3) is 0 Å². The first-order valence-electron chi connectivity index (χ1n) is 9.40. The second-order valence-electron chi connectivity index (χ2n) is 6.76. The van der Waals surface area contributed by atoms with Crippen molar-refractivity contribution in [3.8, 4) is 12.3 Å². The van der Waals surface area contributed by atoms with Crippen LogP contribution in [0, 0.1) is 12.3 Å². The number of methoxy groups -OCH3 is 1. The molecule has 1 heterocycles. The van der Waals surface area contributed by atoms with Gasteiger partial charge < -0.3 is 20.7 Å². The van der Waals surface area contributed by atoms with E-state index in [-0.39, 0.29) is 12.3 Å². The van der Waals surface area contributed by atoms with Crippen LogP contribution in [-0.4, -0.2) is 48.9 Å². The number of carbonyl (C=O) groups is 4. The molecule has 0 aliphatic carbocycles. The summed E-state index contributed by atoms with van der Waals surface area (Å²) in [6.07, 6.45) is 6.61.